The maximum atomic E-state index is 11.3. The van der Waals surface area contributed by atoms with Crippen LogP contribution in [0.15, 0.2) is 72.8 Å². The van der Waals surface area contributed by atoms with Gasteiger partial charge in [-0.15, -0.1) is 12.4 Å². The van der Waals surface area contributed by atoms with E-state index in [2.05, 4.69) is 0 Å². The van der Waals surface area contributed by atoms with Crippen molar-refractivity contribution in [2.75, 3.05) is 0 Å². The average molecular weight is 391 g/mol. The summed E-state index contributed by atoms with van der Waals surface area (Å²) in [5.74, 6) is 0.803. The fourth-order valence-electron chi connectivity index (χ4n) is 3.64. The predicted molar refractivity (Wildman–Crippen MR) is 111 cm³/mol. The topological polar surface area (TPSA) is 65.3 Å². The van der Waals surface area contributed by atoms with E-state index in [0.717, 1.165) is 44.6 Å². The number of rotatable bonds is 2. The Hall–Kier alpha value is -3.44. The lowest BCUT2D eigenvalue weighted by atomic mass is 9.91. The van der Waals surface area contributed by atoms with Gasteiger partial charge < -0.3 is 4.74 Å². The molecule has 1 aliphatic heterocycles. The molecule has 6 heteroatoms. The second-order valence-electron chi connectivity index (χ2n) is 6.42. The molecular formula is C22H15ClN2O3. The molecule has 2 heterocycles. The highest BCUT2D eigenvalue weighted by Crippen LogP contribution is 2.43. The largest absolute Gasteiger partial charge is 0.488 e. The van der Waals surface area contributed by atoms with Crippen molar-refractivity contribution in [1.29, 1.82) is 0 Å². The number of hydrogen-bond donors (Lipinski definition) is 0. The van der Waals surface area contributed by atoms with Gasteiger partial charge in [0.2, 0.25) is 0 Å². The quantitative estimate of drug-likeness (QED) is 0.321. The minimum atomic E-state index is -0.376. The molecule has 5 rings (SSSR count). The number of ether oxygens (including phenoxy) is 1. The number of benzene rings is 3. The summed E-state index contributed by atoms with van der Waals surface area (Å²) >= 11 is 0. The molecule has 0 spiro atoms. The normalized spacial score (nSPS) is 11.7. The number of nitro groups is 1. The molecule has 138 valence electrons. The molecule has 0 radical (unpaired) electrons. The summed E-state index contributed by atoms with van der Waals surface area (Å²) in [4.78, 5) is 15.8. The zero-order valence-corrected chi connectivity index (χ0v) is 15.5. The Kier molecular flexibility index (Phi) is 4.45. The number of fused-ring (bicyclic) bond motifs is 4. The van der Waals surface area contributed by atoms with Gasteiger partial charge >= 0.3 is 0 Å². The summed E-state index contributed by atoms with van der Waals surface area (Å²) in [6.45, 7) is 0.377. The molecule has 3 aromatic carbocycles. The van der Waals surface area contributed by atoms with Crippen molar-refractivity contribution < 1.29 is 9.66 Å². The van der Waals surface area contributed by atoms with Gasteiger partial charge in [-0.1, -0.05) is 42.5 Å². The Morgan fingerprint density at radius 2 is 1.71 bits per heavy atom. The van der Waals surface area contributed by atoms with E-state index in [4.69, 9.17) is 9.72 Å². The summed E-state index contributed by atoms with van der Waals surface area (Å²) in [5.41, 5.74) is 5.48. The van der Waals surface area contributed by atoms with Crippen molar-refractivity contribution in [3.63, 3.8) is 0 Å². The van der Waals surface area contributed by atoms with E-state index >= 15 is 0 Å². The first-order chi connectivity index (χ1) is 13.2. The Labute approximate surface area is 167 Å². The molecule has 0 N–H and O–H groups in total. The number of para-hydroxylation sites is 1. The number of aromatic nitrogens is 1. The van der Waals surface area contributed by atoms with E-state index in [9.17, 15) is 10.1 Å². The van der Waals surface area contributed by atoms with Gasteiger partial charge in [0, 0.05) is 34.2 Å². The van der Waals surface area contributed by atoms with Gasteiger partial charge in [0.05, 0.1) is 16.1 Å². The molecule has 0 bridgehead atoms. The van der Waals surface area contributed by atoms with E-state index in [1.807, 2.05) is 54.6 Å². The van der Waals surface area contributed by atoms with Crippen LogP contribution >= 0.6 is 12.4 Å². The summed E-state index contributed by atoms with van der Waals surface area (Å²) < 4.78 is 5.96. The third kappa shape index (κ3) is 2.77. The monoisotopic (exact) mass is 390 g/mol. The van der Waals surface area contributed by atoms with Gasteiger partial charge in [0.15, 0.2) is 0 Å². The molecule has 1 aliphatic rings. The molecule has 0 saturated heterocycles. The molecule has 0 atom stereocenters. The van der Waals surface area contributed by atoms with Gasteiger partial charge in [0.25, 0.3) is 5.69 Å². The highest BCUT2D eigenvalue weighted by Gasteiger charge is 2.25. The van der Waals surface area contributed by atoms with E-state index in [-0.39, 0.29) is 23.0 Å². The summed E-state index contributed by atoms with van der Waals surface area (Å²) in [7, 11) is 0. The van der Waals surface area contributed by atoms with Crippen LogP contribution in [-0.4, -0.2) is 9.91 Å². The van der Waals surface area contributed by atoms with Gasteiger partial charge in [0.1, 0.15) is 12.4 Å². The van der Waals surface area contributed by atoms with Crippen molar-refractivity contribution >= 4 is 29.0 Å². The lowest BCUT2D eigenvalue weighted by Crippen LogP contribution is -2.09. The van der Waals surface area contributed by atoms with E-state index in [1.165, 1.54) is 6.07 Å². The zero-order chi connectivity index (χ0) is 18.4. The Morgan fingerprint density at radius 1 is 0.964 bits per heavy atom. The first-order valence-corrected chi connectivity index (χ1v) is 8.61. The first kappa shape index (κ1) is 17.9. The highest BCUT2D eigenvalue weighted by atomic mass is 35.5. The van der Waals surface area contributed by atoms with Gasteiger partial charge in [-0.3, -0.25) is 10.1 Å². The third-order valence-electron chi connectivity index (χ3n) is 4.86. The van der Waals surface area contributed by atoms with Crippen LogP contribution in [0.3, 0.4) is 0 Å². The Balaban J connectivity index is 0.00000192. The number of non-ortho nitro benzene ring substituents is 1. The molecule has 0 saturated carbocycles. The number of nitrogens with zero attached hydrogens (tertiary/aromatic N) is 2. The minimum absolute atomic E-state index is 0. The molecule has 4 aromatic rings. The third-order valence-corrected chi connectivity index (χ3v) is 4.86. The van der Waals surface area contributed by atoms with E-state index in [0.29, 0.717) is 6.61 Å². The number of halogens is 1. The average Bonchev–Trinajstić information content (AvgIpc) is 2.72. The Bertz CT molecular complexity index is 1210. The predicted octanol–water partition coefficient (Wildman–Crippen LogP) is 5.79. The smallest absolute Gasteiger partial charge is 0.270 e. The molecule has 0 fully saturated rings. The van der Waals surface area contributed by atoms with Crippen LogP contribution in [0.25, 0.3) is 33.3 Å². The first-order valence-electron chi connectivity index (χ1n) is 8.61. The maximum absolute atomic E-state index is 11.3. The van der Waals surface area contributed by atoms with Crippen LogP contribution in [-0.2, 0) is 6.61 Å². The van der Waals surface area contributed by atoms with Crippen molar-refractivity contribution in [2.24, 2.45) is 0 Å². The number of pyridine rings is 1. The summed E-state index contributed by atoms with van der Waals surface area (Å²) in [5, 5.41) is 12.1. The molecular weight excluding hydrogens is 376 g/mol. The van der Waals surface area contributed by atoms with Crippen LogP contribution in [0.4, 0.5) is 5.69 Å². The molecule has 28 heavy (non-hydrogen) atoms. The number of nitro benzene ring substituents is 1. The minimum Gasteiger partial charge on any atom is -0.488 e. The van der Waals surface area contributed by atoms with Gasteiger partial charge in [-0.2, -0.15) is 0 Å². The molecule has 1 aromatic heterocycles. The van der Waals surface area contributed by atoms with Crippen LogP contribution in [0, 0.1) is 10.1 Å². The van der Waals surface area contributed by atoms with Crippen molar-refractivity contribution in [1.82, 2.24) is 4.98 Å². The SMILES string of the molecule is Cl.O=[N+]([O-])c1ccc2nc3c(c(-c4ccccc4)c2c1)COc1ccccc1-3. The van der Waals surface area contributed by atoms with E-state index in [1.54, 1.807) is 12.1 Å². The Morgan fingerprint density at radius 3 is 2.50 bits per heavy atom. The molecule has 0 aliphatic carbocycles. The molecule has 0 unspecified atom stereocenters. The van der Waals surface area contributed by atoms with Crippen LogP contribution < -0.4 is 4.74 Å². The van der Waals surface area contributed by atoms with E-state index < -0.39 is 0 Å². The highest BCUT2D eigenvalue weighted by molar-refractivity contribution is 6.00. The summed E-state index contributed by atoms with van der Waals surface area (Å²) in [6.07, 6.45) is 0. The van der Waals surface area contributed by atoms with Crippen LogP contribution in [0.1, 0.15) is 5.56 Å². The van der Waals surface area contributed by atoms with Crippen molar-refractivity contribution in [3.05, 3.63) is 88.5 Å². The fraction of sp³-hybridized carbons (Fsp3) is 0.0455. The second kappa shape index (κ2) is 6.94. The van der Waals surface area contributed by atoms with Gasteiger partial charge in [-0.05, 0) is 23.8 Å². The molecule has 5 nitrogen and oxygen atoms in total. The lowest BCUT2D eigenvalue weighted by molar-refractivity contribution is -0.384. The lowest BCUT2D eigenvalue weighted by Gasteiger charge is -2.24. The van der Waals surface area contributed by atoms with Gasteiger partial charge in [-0.25, -0.2) is 4.98 Å². The van der Waals surface area contributed by atoms with Crippen molar-refractivity contribution in [3.8, 4) is 28.1 Å². The zero-order valence-electron chi connectivity index (χ0n) is 14.7. The van der Waals surface area contributed by atoms with Crippen LogP contribution in [0.5, 0.6) is 5.75 Å². The summed E-state index contributed by atoms with van der Waals surface area (Å²) in [6, 6.07) is 22.5. The van der Waals surface area contributed by atoms with Crippen molar-refractivity contribution in [2.45, 2.75) is 6.61 Å². The fourth-order valence-corrected chi connectivity index (χ4v) is 3.64. The second-order valence-corrected chi connectivity index (χ2v) is 6.42. The number of hydrogen-bond acceptors (Lipinski definition) is 4. The van der Waals surface area contributed by atoms with Crippen LogP contribution in [0.2, 0.25) is 0 Å². The standard InChI is InChI=1S/C22H14N2O3.ClH/c25-24(26)15-10-11-19-17(12-15)21(14-6-2-1-3-7-14)18-13-27-20-9-5-4-8-16(20)22(18)23-19;/h1-12H,13H2;1H. The maximum Gasteiger partial charge on any atom is 0.270 e. The molecule has 0 amide bonds.